The van der Waals surface area contributed by atoms with Crippen molar-refractivity contribution in [1.29, 1.82) is 5.26 Å². The van der Waals surface area contributed by atoms with Crippen molar-refractivity contribution < 1.29 is 23.8 Å². The Morgan fingerprint density at radius 1 is 1.06 bits per heavy atom. The number of benzene rings is 2. The Balaban J connectivity index is 1.54. The minimum absolute atomic E-state index is 0.189. The van der Waals surface area contributed by atoms with Crippen LogP contribution in [0.15, 0.2) is 60.0 Å². The molecule has 0 radical (unpaired) electrons. The molecule has 2 aromatic carbocycles. The molecule has 1 atom stereocenters. The molecule has 0 aliphatic heterocycles. The molecule has 0 N–H and O–H groups in total. The summed E-state index contributed by atoms with van der Waals surface area (Å²) in [5.74, 6) is -1.25. The summed E-state index contributed by atoms with van der Waals surface area (Å²) in [5.41, 5.74) is 0.918. The Hall–Kier alpha value is -3.70. The summed E-state index contributed by atoms with van der Waals surface area (Å²) in [6.45, 7) is 1.77. The van der Waals surface area contributed by atoms with Crippen LogP contribution in [0.1, 0.15) is 27.0 Å². The molecule has 0 aliphatic rings. The monoisotopic (exact) mass is 436 g/mol. The number of carbonyl (C=O) groups excluding carboxylic acids is 2. The van der Waals surface area contributed by atoms with Crippen LogP contribution in [-0.2, 0) is 9.53 Å². The van der Waals surface area contributed by atoms with Crippen LogP contribution in [0.5, 0.6) is 11.5 Å². The van der Waals surface area contributed by atoms with E-state index in [0.717, 1.165) is 11.4 Å². The number of carbonyl (C=O) groups is 2. The molecule has 7 nitrogen and oxygen atoms in total. The van der Waals surface area contributed by atoms with Crippen molar-refractivity contribution in [3.05, 3.63) is 76.2 Å². The van der Waals surface area contributed by atoms with Gasteiger partial charge in [0, 0.05) is 11.1 Å². The summed E-state index contributed by atoms with van der Waals surface area (Å²) >= 11 is 1.23. The first-order chi connectivity index (χ1) is 15.1. The Morgan fingerprint density at radius 2 is 1.77 bits per heavy atom. The van der Waals surface area contributed by atoms with Gasteiger partial charge in [-0.2, -0.15) is 5.26 Å². The normalized spacial score (nSPS) is 11.2. The van der Waals surface area contributed by atoms with Crippen molar-refractivity contribution in [2.24, 2.45) is 0 Å². The number of hydrogen-bond acceptors (Lipinski definition) is 8. The highest BCUT2D eigenvalue weighted by Gasteiger charge is 2.25. The van der Waals surface area contributed by atoms with Crippen molar-refractivity contribution in [2.75, 3.05) is 19.8 Å². The third-order valence-corrected chi connectivity index (χ3v) is 5.17. The second kappa shape index (κ2) is 10.9. The molecule has 0 saturated heterocycles. The van der Waals surface area contributed by atoms with E-state index in [4.69, 9.17) is 14.2 Å². The fourth-order valence-electron chi connectivity index (χ4n) is 2.66. The van der Waals surface area contributed by atoms with Crippen molar-refractivity contribution in [2.45, 2.75) is 12.8 Å². The van der Waals surface area contributed by atoms with Crippen LogP contribution >= 0.6 is 11.3 Å². The van der Waals surface area contributed by atoms with Gasteiger partial charge in [0.05, 0.1) is 6.07 Å². The van der Waals surface area contributed by atoms with Gasteiger partial charge in [0.25, 0.3) is 0 Å². The van der Waals surface area contributed by atoms with E-state index in [9.17, 15) is 14.9 Å². The van der Waals surface area contributed by atoms with Gasteiger partial charge < -0.3 is 14.2 Å². The van der Waals surface area contributed by atoms with Gasteiger partial charge in [-0.1, -0.05) is 30.3 Å². The molecule has 31 heavy (non-hydrogen) atoms. The number of nitrogens with zero attached hydrogens (tertiary/aromatic N) is 2. The zero-order valence-corrected chi connectivity index (χ0v) is 17.6. The average molecular weight is 436 g/mol. The first-order valence-corrected chi connectivity index (χ1v) is 10.4. The summed E-state index contributed by atoms with van der Waals surface area (Å²) in [6, 6.07) is 17.8. The van der Waals surface area contributed by atoms with Crippen LogP contribution in [0.25, 0.3) is 0 Å². The molecular formula is C23H20N2O5S. The van der Waals surface area contributed by atoms with Gasteiger partial charge in [-0.3, -0.25) is 4.79 Å². The summed E-state index contributed by atoms with van der Waals surface area (Å²) in [6.07, 6.45) is 0. The maximum atomic E-state index is 12.5. The first-order valence-electron chi connectivity index (χ1n) is 9.49. The highest BCUT2D eigenvalue weighted by molar-refractivity contribution is 7.09. The zero-order valence-electron chi connectivity index (χ0n) is 16.8. The Labute approximate surface area is 183 Å². The standard InChI is InChI=1S/C23H20N2O5S/c1-16-15-31-22(25-16)19(13-24)20(26)14-30-23(27)18-9-5-6-10-21(18)29-12-11-28-17-7-3-2-4-8-17/h2-10,15,19H,11-12,14H2,1H3/t19-/m0/s1. The van der Waals surface area contributed by atoms with E-state index in [1.165, 1.54) is 11.3 Å². The predicted octanol–water partition coefficient (Wildman–Crippen LogP) is 3.94. The molecule has 1 heterocycles. The average Bonchev–Trinajstić information content (AvgIpc) is 3.22. The maximum Gasteiger partial charge on any atom is 0.342 e. The molecule has 0 amide bonds. The molecule has 3 aromatic rings. The van der Waals surface area contributed by atoms with Crippen molar-refractivity contribution >= 4 is 23.1 Å². The number of rotatable bonds is 10. The predicted molar refractivity (Wildman–Crippen MR) is 114 cm³/mol. The van der Waals surface area contributed by atoms with Crippen molar-refractivity contribution in [3.8, 4) is 17.6 Å². The quantitative estimate of drug-likeness (QED) is 0.351. The highest BCUT2D eigenvalue weighted by atomic mass is 32.1. The summed E-state index contributed by atoms with van der Waals surface area (Å²) in [5, 5.41) is 11.5. The maximum absolute atomic E-state index is 12.5. The van der Waals surface area contributed by atoms with E-state index < -0.39 is 24.3 Å². The smallest absolute Gasteiger partial charge is 0.342 e. The van der Waals surface area contributed by atoms with Gasteiger partial charge in [0.2, 0.25) is 0 Å². The largest absolute Gasteiger partial charge is 0.490 e. The first kappa shape index (κ1) is 22.0. The van der Waals surface area contributed by atoms with Crippen LogP contribution in [-0.4, -0.2) is 36.6 Å². The number of aryl methyl sites for hydroxylation is 1. The lowest BCUT2D eigenvalue weighted by Crippen LogP contribution is -2.20. The van der Waals surface area contributed by atoms with E-state index >= 15 is 0 Å². The topological polar surface area (TPSA) is 98.5 Å². The van der Waals surface area contributed by atoms with Crippen molar-refractivity contribution in [3.63, 3.8) is 0 Å². The third-order valence-electron chi connectivity index (χ3n) is 4.14. The third kappa shape index (κ3) is 6.14. The molecule has 0 fully saturated rings. The Morgan fingerprint density at radius 3 is 2.48 bits per heavy atom. The van der Waals surface area contributed by atoms with Gasteiger partial charge in [0.1, 0.15) is 35.3 Å². The number of ether oxygens (including phenoxy) is 3. The molecule has 0 spiro atoms. The van der Waals surface area contributed by atoms with Crippen LogP contribution in [0, 0.1) is 18.3 Å². The van der Waals surface area contributed by atoms with Crippen LogP contribution < -0.4 is 9.47 Å². The SMILES string of the molecule is Cc1csc([C@@H](C#N)C(=O)COC(=O)c2ccccc2OCCOc2ccccc2)n1. The zero-order chi connectivity index (χ0) is 22.1. The summed E-state index contributed by atoms with van der Waals surface area (Å²) < 4.78 is 16.4. The number of hydrogen-bond donors (Lipinski definition) is 0. The number of thiazole rings is 1. The highest BCUT2D eigenvalue weighted by Crippen LogP contribution is 2.22. The minimum atomic E-state index is -1.06. The van der Waals surface area contributed by atoms with Crippen LogP contribution in [0.4, 0.5) is 0 Å². The lowest BCUT2D eigenvalue weighted by Gasteiger charge is -2.12. The second-order valence-electron chi connectivity index (χ2n) is 6.44. The Kier molecular flexibility index (Phi) is 7.73. The lowest BCUT2D eigenvalue weighted by atomic mass is 10.1. The van der Waals surface area contributed by atoms with Crippen molar-refractivity contribution in [1.82, 2.24) is 4.98 Å². The van der Waals surface area contributed by atoms with Gasteiger partial charge in [-0.15, -0.1) is 11.3 Å². The number of Topliss-reactive ketones (excluding diaryl/α,β-unsaturated/α-hetero) is 1. The minimum Gasteiger partial charge on any atom is -0.490 e. The molecule has 0 unspecified atom stereocenters. The Bertz CT molecular complexity index is 1070. The van der Waals surface area contributed by atoms with Crippen LogP contribution in [0.2, 0.25) is 0 Å². The van der Waals surface area contributed by atoms with E-state index in [1.54, 1.807) is 36.6 Å². The molecular weight excluding hydrogens is 416 g/mol. The number of aromatic nitrogens is 1. The fraction of sp³-hybridized carbons (Fsp3) is 0.217. The summed E-state index contributed by atoms with van der Waals surface area (Å²) in [7, 11) is 0. The molecule has 3 rings (SSSR count). The van der Waals surface area contributed by atoms with E-state index in [0.29, 0.717) is 17.4 Å². The molecule has 0 aliphatic carbocycles. The van der Waals surface area contributed by atoms with E-state index in [-0.39, 0.29) is 12.2 Å². The van der Waals surface area contributed by atoms with Gasteiger partial charge in [-0.05, 0) is 31.2 Å². The molecule has 0 bridgehead atoms. The van der Waals surface area contributed by atoms with E-state index in [1.807, 2.05) is 36.4 Å². The second-order valence-corrected chi connectivity index (χ2v) is 7.33. The van der Waals surface area contributed by atoms with Gasteiger partial charge in [0.15, 0.2) is 18.3 Å². The molecule has 1 aromatic heterocycles. The van der Waals surface area contributed by atoms with Gasteiger partial charge in [-0.25, -0.2) is 9.78 Å². The molecule has 158 valence electrons. The number of para-hydroxylation sites is 2. The lowest BCUT2D eigenvalue weighted by molar-refractivity contribution is -0.122. The van der Waals surface area contributed by atoms with E-state index in [2.05, 4.69) is 4.98 Å². The number of nitriles is 1. The fourth-order valence-corrected chi connectivity index (χ4v) is 3.52. The summed E-state index contributed by atoms with van der Waals surface area (Å²) in [4.78, 5) is 29.0. The molecule has 0 saturated carbocycles. The molecule has 8 heteroatoms. The van der Waals surface area contributed by atoms with Gasteiger partial charge >= 0.3 is 5.97 Å². The number of esters is 1. The van der Waals surface area contributed by atoms with Crippen LogP contribution in [0.3, 0.4) is 0 Å². The number of ketones is 1.